The quantitative estimate of drug-likeness (QED) is 0.134. The van der Waals surface area contributed by atoms with Gasteiger partial charge in [-0.25, -0.2) is 0 Å². The van der Waals surface area contributed by atoms with Gasteiger partial charge in [0.15, 0.2) is 23.0 Å². The van der Waals surface area contributed by atoms with Gasteiger partial charge in [-0.05, 0) is 157 Å². The highest BCUT2D eigenvalue weighted by Crippen LogP contribution is 2.62. The molecule has 6 nitrogen and oxygen atoms in total. The summed E-state index contributed by atoms with van der Waals surface area (Å²) < 4.78 is 21.8. The number of para-hydroxylation sites is 6. The fourth-order valence-electron chi connectivity index (χ4n) is 13.3. The highest BCUT2D eigenvalue weighted by Gasteiger charge is 2.45. The van der Waals surface area contributed by atoms with E-state index >= 15 is 0 Å². The van der Waals surface area contributed by atoms with Crippen LogP contribution in [-0.4, -0.2) is 6.71 Å². The molecular weight excluding hydrogens is 1040 g/mol. The molecule has 0 unspecified atom stereocenters. The molecule has 0 saturated heterocycles. The van der Waals surface area contributed by atoms with Crippen molar-refractivity contribution in [1.82, 2.24) is 0 Å². The molecular formula is C78H50BN3O3. The summed E-state index contributed by atoms with van der Waals surface area (Å²) in [5.41, 5.74) is 23.1. The molecule has 7 heteroatoms. The summed E-state index contributed by atoms with van der Waals surface area (Å²) in [6, 6.07) is 108. The van der Waals surface area contributed by atoms with Crippen LogP contribution in [0.15, 0.2) is 303 Å². The van der Waals surface area contributed by atoms with Crippen LogP contribution < -0.4 is 45.3 Å². The Morgan fingerprint density at radius 3 is 1.38 bits per heavy atom. The number of hydrogen-bond acceptors (Lipinski definition) is 6. The van der Waals surface area contributed by atoms with Crippen LogP contribution in [-0.2, 0) is 0 Å². The summed E-state index contributed by atoms with van der Waals surface area (Å²) in [7, 11) is 0. The lowest BCUT2D eigenvalue weighted by molar-refractivity contribution is 0.446. The van der Waals surface area contributed by atoms with Crippen molar-refractivity contribution in [2.24, 2.45) is 0 Å². The van der Waals surface area contributed by atoms with E-state index in [1.165, 1.54) is 0 Å². The second-order valence-electron chi connectivity index (χ2n) is 22.0. The molecule has 0 bridgehead atoms. The Morgan fingerprint density at radius 1 is 0.247 bits per heavy atom. The molecule has 4 aliphatic rings. The molecule has 398 valence electrons. The molecule has 0 radical (unpaired) electrons. The fraction of sp³-hybridized carbons (Fsp3) is 0. The third-order valence-corrected chi connectivity index (χ3v) is 17.0. The van der Waals surface area contributed by atoms with Gasteiger partial charge in [0.05, 0.1) is 22.7 Å². The number of anilines is 9. The van der Waals surface area contributed by atoms with Gasteiger partial charge in [0.2, 0.25) is 0 Å². The van der Waals surface area contributed by atoms with Gasteiger partial charge in [0.1, 0.15) is 17.2 Å². The summed E-state index contributed by atoms with van der Waals surface area (Å²) >= 11 is 0. The summed E-state index contributed by atoms with van der Waals surface area (Å²) in [5.74, 6) is 4.52. The molecule has 85 heavy (non-hydrogen) atoms. The summed E-state index contributed by atoms with van der Waals surface area (Å²) in [6.45, 7) is -0.241. The minimum atomic E-state index is -0.241. The third-order valence-electron chi connectivity index (χ3n) is 17.0. The van der Waals surface area contributed by atoms with Crippen molar-refractivity contribution in [3.8, 4) is 90.1 Å². The Kier molecular flexibility index (Phi) is 11.2. The molecule has 0 amide bonds. The first-order chi connectivity index (χ1) is 42.1. The third kappa shape index (κ3) is 8.04. The van der Waals surface area contributed by atoms with E-state index in [2.05, 4.69) is 312 Å². The van der Waals surface area contributed by atoms with Crippen LogP contribution in [0.25, 0.3) is 55.6 Å². The second kappa shape index (κ2) is 19.7. The largest absolute Gasteiger partial charge is 0.458 e. The summed E-state index contributed by atoms with van der Waals surface area (Å²) in [4.78, 5) is 7.17. The van der Waals surface area contributed by atoms with Crippen molar-refractivity contribution in [3.05, 3.63) is 303 Å². The predicted octanol–water partition coefficient (Wildman–Crippen LogP) is 19.6. The minimum Gasteiger partial charge on any atom is -0.458 e. The highest BCUT2D eigenvalue weighted by atomic mass is 16.5. The monoisotopic (exact) mass is 1090 g/mol. The van der Waals surface area contributed by atoms with Crippen LogP contribution in [0, 0.1) is 0 Å². The molecule has 13 aromatic rings. The Bertz CT molecular complexity index is 4670. The van der Waals surface area contributed by atoms with E-state index in [9.17, 15) is 0 Å². The zero-order valence-electron chi connectivity index (χ0n) is 46.0. The van der Waals surface area contributed by atoms with Gasteiger partial charge in [0.25, 0.3) is 6.71 Å². The molecule has 0 atom stereocenters. The molecule has 0 spiro atoms. The van der Waals surface area contributed by atoms with Gasteiger partial charge in [-0.2, -0.15) is 0 Å². The topological polar surface area (TPSA) is 37.4 Å². The minimum absolute atomic E-state index is 0.241. The number of hydrogen-bond donors (Lipinski definition) is 0. The van der Waals surface area contributed by atoms with Crippen molar-refractivity contribution in [1.29, 1.82) is 0 Å². The van der Waals surface area contributed by atoms with Crippen molar-refractivity contribution in [3.63, 3.8) is 0 Å². The number of nitrogens with zero attached hydrogens (tertiary/aromatic N) is 3. The SMILES string of the molecule is c1ccc(-c2cc(-c3ccccc3)cc(-c3ccccc3N3c4cc5c(cc4B4c6ccccc6Oc6cc(N(c7ccccc7)c7ccccc7)cc3c64)N3c4ccccc4Oc4cc(-c6ccccc6-c6ccccc6)cc(c43)O5)c2)cc1. The Balaban J connectivity index is 0.941. The van der Waals surface area contributed by atoms with Gasteiger partial charge in [-0.1, -0.05) is 200 Å². The lowest BCUT2D eigenvalue weighted by Gasteiger charge is -2.43. The van der Waals surface area contributed by atoms with Crippen LogP contribution in [0.1, 0.15) is 0 Å². The van der Waals surface area contributed by atoms with E-state index in [0.717, 1.165) is 152 Å². The molecule has 0 aliphatic carbocycles. The predicted molar refractivity (Wildman–Crippen MR) is 349 cm³/mol. The maximum absolute atomic E-state index is 7.50. The lowest BCUT2D eigenvalue weighted by atomic mass is 9.34. The van der Waals surface area contributed by atoms with Gasteiger partial charge >= 0.3 is 0 Å². The van der Waals surface area contributed by atoms with E-state index in [4.69, 9.17) is 14.2 Å². The van der Waals surface area contributed by atoms with Crippen LogP contribution in [0.5, 0.6) is 34.5 Å². The molecule has 0 aromatic heterocycles. The van der Waals surface area contributed by atoms with Crippen LogP contribution >= 0.6 is 0 Å². The van der Waals surface area contributed by atoms with Crippen LogP contribution in [0.4, 0.5) is 51.2 Å². The Labute approximate surface area is 494 Å². The molecule has 4 heterocycles. The zero-order chi connectivity index (χ0) is 56.0. The first kappa shape index (κ1) is 48.4. The zero-order valence-corrected chi connectivity index (χ0v) is 46.0. The Hall–Kier alpha value is -11.3. The van der Waals surface area contributed by atoms with Crippen molar-refractivity contribution in [2.45, 2.75) is 0 Å². The molecule has 13 aromatic carbocycles. The van der Waals surface area contributed by atoms with Gasteiger partial charge in [-0.3, -0.25) is 4.90 Å². The second-order valence-corrected chi connectivity index (χ2v) is 22.0. The first-order valence-corrected chi connectivity index (χ1v) is 28.9. The van der Waals surface area contributed by atoms with E-state index in [-0.39, 0.29) is 6.71 Å². The number of benzene rings is 13. The van der Waals surface area contributed by atoms with E-state index < -0.39 is 0 Å². The number of ether oxygens (including phenoxy) is 3. The normalized spacial score (nSPS) is 12.7. The van der Waals surface area contributed by atoms with E-state index in [0.29, 0.717) is 5.75 Å². The van der Waals surface area contributed by atoms with Crippen molar-refractivity contribution < 1.29 is 14.2 Å². The maximum atomic E-state index is 7.50. The average Bonchev–Trinajstić information content (AvgIpc) is 0.891. The molecule has 0 N–H and O–H groups in total. The molecule has 17 rings (SSSR count). The standard InChI is InChI=1S/C78H50BN3O3/c1-6-24-51(25-7-1)54-42-55(52-26-8-2-9-27-52)44-56(43-54)63-36-18-20-38-66(63)81-68-50-73-69(82-67-39-21-23-41-72(67)84-75-45-57(46-76(85-73)78(75)82)62-35-17-16-34-61(62)53-28-10-3-11-29-53)49-65(68)79-64-37-19-22-40-71(64)83-74-48-60(47-70(81)77(74)79)80(58-30-12-4-13-31-58)59-32-14-5-15-33-59/h1-50H. The maximum Gasteiger partial charge on any atom is 0.256 e. The molecule has 4 aliphatic heterocycles. The van der Waals surface area contributed by atoms with Crippen LogP contribution in [0.3, 0.4) is 0 Å². The average molecular weight is 1090 g/mol. The number of rotatable bonds is 9. The molecule has 0 saturated carbocycles. The Morgan fingerprint density at radius 2 is 0.729 bits per heavy atom. The fourth-order valence-corrected chi connectivity index (χ4v) is 13.3. The van der Waals surface area contributed by atoms with Crippen molar-refractivity contribution in [2.75, 3.05) is 14.7 Å². The van der Waals surface area contributed by atoms with Gasteiger partial charge in [-0.15, -0.1) is 0 Å². The van der Waals surface area contributed by atoms with Gasteiger partial charge < -0.3 is 24.0 Å². The van der Waals surface area contributed by atoms with Crippen molar-refractivity contribution >= 4 is 74.3 Å². The van der Waals surface area contributed by atoms with Crippen LogP contribution in [0.2, 0.25) is 0 Å². The van der Waals surface area contributed by atoms with E-state index in [1.54, 1.807) is 0 Å². The van der Waals surface area contributed by atoms with Gasteiger partial charge in [0, 0.05) is 40.4 Å². The number of fused-ring (bicyclic) bond motifs is 8. The lowest BCUT2D eigenvalue weighted by Crippen LogP contribution is -2.59. The smallest absolute Gasteiger partial charge is 0.256 e. The summed E-state index contributed by atoms with van der Waals surface area (Å²) in [5, 5.41) is 0. The molecule has 0 fully saturated rings. The first-order valence-electron chi connectivity index (χ1n) is 28.9. The summed E-state index contributed by atoms with van der Waals surface area (Å²) in [6.07, 6.45) is 0. The van der Waals surface area contributed by atoms with E-state index in [1.807, 2.05) is 6.07 Å². The highest BCUT2D eigenvalue weighted by molar-refractivity contribution is 6.99.